The summed E-state index contributed by atoms with van der Waals surface area (Å²) in [5.74, 6) is 1.89. The third kappa shape index (κ3) is 3.83. The van der Waals surface area contributed by atoms with Gasteiger partial charge in [0.1, 0.15) is 11.5 Å². The highest BCUT2D eigenvalue weighted by molar-refractivity contribution is 7.99. The summed E-state index contributed by atoms with van der Waals surface area (Å²) >= 11 is 1.83. The van der Waals surface area contributed by atoms with E-state index in [0.29, 0.717) is 11.3 Å². The van der Waals surface area contributed by atoms with Crippen LogP contribution in [0.15, 0.2) is 17.0 Å². The highest BCUT2D eigenvalue weighted by Crippen LogP contribution is 2.37. The molecule has 3 nitrogen and oxygen atoms in total. The minimum Gasteiger partial charge on any atom is -0.496 e. The van der Waals surface area contributed by atoms with Crippen molar-refractivity contribution in [3.63, 3.8) is 0 Å². The molecule has 1 aromatic rings. The second-order valence-corrected chi connectivity index (χ2v) is 7.12. The third-order valence-corrected chi connectivity index (χ3v) is 4.55. The van der Waals surface area contributed by atoms with Crippen LogP contribution >= 0.6 is 11.8 Å². The fourth-order valence-electron chi connectivity index (χ4n) is 2.68. The lowest BCUT2D eigenvalue weighted by molar-refractivity contribution is 0.379. The van der Waals surface area contributed by atoms with Crippen molar-refractivity contribution in [1.29, 1.82) is 0 Å². The first-order valence-corrected chi connectivity index (χ1v) is 8.17. The van der Waals surface area contributed by atoms with Crippen LogP contribution in [-0.2, 0) is 6.42 Å². The predicted molar refractivity (Wildman–Crippen MR) is 85.3 cm³/mol. The van der Waals surface area contributed by atoms with Crippen molar-refractivity contribution < 1.29 is 9.47 Å². The molecule has 1 unspecified atom stereocenters. The summed E-state index contributed by atoms with van der Waals surface area (Å²) in [4.78, 5) is 1.21. The van der Waals surface area contributed by atoms with Gasteiger partial charge in [-0.05, 0) is 37.9 Å². The molecule has 1 N–H and O–H groups in total. The van der Waals surface area contributed by atoms with Crippen LogP contribution in [0.1, 0.15) is 32.3 Å². The van der Waals surface area contributed by atoms with E-state index in [-0.39, 0.29) is 0 Å². The summed E-state index contributed by atoms with van der Waals surface area (Å²) < 4.78 is 11.2. The molecule has 1 aromatic carbocycles. The van der Waals surface area contributed by atoms with Crippen molar-refractivity contribution in [2.24, 2.45) is 0 Å². The van der Waals surface area contributed by atoms with E-state index in [1.807, 2.05) is 11.8 Å². The van der Waals surface area contributed by atoms with E-state index in [4.69, 9.17) is 9.47 Å². The van der Waals surface area contributed by atoms with Crippen LogP contribution in [0.25, 0.3) is 0 Å². The Morgan fingerprint density at radius 2 is 1.90 bits per heavy atom. The number of hydrogen-bond acceptors (Lipinski definition) is 4. The lowest BCUT2D eigenvalue weighted by Gasteiger charge is -2.18. The Balaban J connectivity index is 2.27. The Bertz CT molecular complexity index is 417. The van der Waals surface area contributed by atoms with Crippen molar-refractivity contribution in [2.45, 2.75) is 49.3 Å². The van der Waals surface area contributed by atoms with Crippen molar-refractivity contribution in [1.82, 2.24) is 5.32 Å². The molecule has 1 aliphatic heterocycles. The van der Waals surface area contributed by atoms with Crippen LogP contribution in [0.2, 0.25) is 0 Å². The number of nitrogens with one attached hydrogen (secondary N) is 1. The smallest absolute Gasteiger partial charge is 0.126 e. The summed E-state index contributed by atoms with van der Waals surface area (Å²) in [6, 6.07) is 4.82. The quantitative estimate of drug-likeness (QED) is 0.814. The second kappa shape index (κ2) is 7.23. The molecule has 112 valence electrons. The van der Waals surface area contributed by atoms with Gasteiger partial charge in [0, 0.05) is 21.8 Å². The van der Waals surface area contributed by atoms with Gasteiger partial charge >= 0.3 is 0 Å². The standard InChI is InChI=1S/C16H25NO2S/c1-11(2)20-13-9-15(18-3)14(16(10-13)19-4)8-12-6-5-7-17-12/h9-12,17H,5-8H2,1-4H3. The van der Waals surface area contributed by atoms with Crippen molar-refractivity contribution in [3.8, 4) is 11.5 Å². The maximum atomic E-state index is 5.60. The molecule has 20 heavy (non-hydrogen) atoms. The largest absolute Gasteiger partial charge is 0.496 e. The van der Waals surface area contributed by atoms with Gasteiger partial charge in [-0.25, -0.2) is 0 Å². The molecule has 0 aliphatic carbocycles. The first-order chi connectivity index (χ1) is 9.63. The van der Waals surface area contributed by atoms with Gasteiger partial charge in [0.05, 0.1) is 14.2 Å². The van der Waals surface area contributed by atoms with Gasteiger partial charge in [-0.3, -0.25) is 0 Å². The molecule has 1 fully saturated rings. The summed E-state index contributed by atoms with van der Waals surface area (Å²) in [5.41, 5.74) is 1.18. The zero-order chi connectivity index (χ0) is 14.5. The SMILES string of the molecule is COc1cc(SC(C)C)cc(OC)c1CC1CCCN1. The highest BCUT2D eigenvalue weighted by atomic mass is 32.2. The maximum absolute atomic E-state index is 5.60. The Morgan fingerprint density at radius 3 is 2.35 bits per heavy atom. The van der Waals surface area contributed by atoms with Gasteiger partial charge in [0.15, 0.2) is 0 Å². The minimum atomic E-state index is 0.543. The summed E-state index contributed by atoms with van der Waals surface area (Å²) in [5, 5.41) is 4.09. The van der Waals surface area contributed by atoms with Crippen molar-refractivity contribution in [3.05, 3.63) is 17.7 Å². The lowest BCUT2D eigenvalue weighted by Crippen LogP contribution is -2.24. The van der Waals surface area contributed by atoms with E-state index in [2.05, 4.69) is 31.3 Å². The van der Waals surface area contributed by atoms with Crippen LogP contribution in [0.4, 0.5) is 0 Å². The van der Waals surface area contributed by atoms with Gasteiger partial charge in [-0.2, -0.15) is 0 Å². The van der Waals surface area contributed by atoms with Crippen LogP contribution in [0.5, 0.6) is 11.5 Å². The van der Waals surface area contributed by atoms with E-state index >= 15 is 0 Å². The van der Waals surface area contributed by atoms with Crippen LogP contribution in [-0.4, -0.2) is 32.1 Å². The number of benzene rings is 1. The highest BCUT2D eigenvalue weighted by Gasteiger charge is 2.20. The molecular formula is C16H25NO2S. The average Bonchev–Trinajstić information content (AvgIpc) is 2.92. The number of rotatable bonds is 6. The van der Waals surface area contributed by atoms with E-state index < -0.39 is 0 Å². The Kier molecular flexibility index (Phi) is 5.61. The molecule has 2 rings (SSSR count). The number of ether oxygens (including phenoxy) is 2. The molecule has 1 heterocycles. The molecule has 1 atom stereocenters. The monoisotopic (exact) mass is 295 g/mol. The molecule has 1 aliphatic rings. The minimum absolute atomic E-state index is 0.543. The van der Waals surface area contributed by atoms with Gasteiger partial charge in [-0.15, -0.1) is 11.8 Å². The summed E-state index contributed by atoms with van der Waals surface area (Å²) in [6.45, 7) is 5.51. The molecule has 0 amide bonds. The molecule has 0 saturated carbocycles. The average molecular weight is 295 g/mol. The molecule has 1 saturated heterocycles. The Hall–Kier alpha value is -0.870. The first kappa shape index (κ1) is 15.5. The lowest BCUT2D eigenvalue weighted by atomic mass is 10.0. The zero-order valence-electron chi connectivity index (χ0n) is 12.9. The number of methoxy groups -OCH3 is 2. The Morgan fingerprint density at radius 1 is 1.25 bits per heavy atom. The maximum Gasteiger partial charge on any atom is 0.126 e. The van der Waals surface area contributed by atoms with E-state index in [1.54, 1.807) is 14.2 Å². The zero-order valence-corrected chi connectivity index (χ0v) is 13.7. The normalized spacial score (nSPS) is 18.6. The second-order valence-electron chi connectivity index (χ2n) is 5.47. The molecule has 0 aromatic heterocycles. The van der Waals surface area contributed by atoms with Crippen LogP contribution in [0.3, 0.4) is 0 Å². The predicted octanol–water partition coefficient (Wildman–Crippen LogP) is 3.50. The van der Waals surface area contributed by atoms with Crippen molar-refractivity contribution >= 4 is 11.8 Å². The summed E-state index contributed by atoms with van der Waals surface area (Å²) in [6.07, 6.45) is 3.46. The molecule has 0 bridgehead atoms. The van der Waals surface area contributed by atoms with E-state index in [0.717, 1.165) is 24.5 Å². The number of hydrogen-bond donors (Lipinski definition) is 1. The Labute approximate surface area is 126 Å². The van der Waals surface area contributed by atoms with Gasteiger partial charge < -0.3 is 14.8 Å². The molecule has 0 spiro atoms. The van der Waals surface area contributed by atoms with Gasteiger partial charge in [-0.1, -0.05) is 13.8 Å². The molecule has 4 heteroatoms. The fourth-order valence-corrected chi connectivity index (χ4v) is 3.57. The topological polar surface area (TPSA) is 30.5 Å². The number of thioether (sulfide) groups is 1. The van der Waals surface area contributed by atoms with Crippen LogP contribution < -0.4 is 14.8 Å². The van der Waals surface area contributed by atoms with E-state index in [9.17, 15) is 0 Å². The van der Waals surface area contributed by atoms with Gasteiger partial charge in [0.25, 0.3) is 0 Å². The molecule has 0 radical (unpaired) electrons. The van der Waals surface area contributed by atoms with Crippen LogP contribution in [0, 0.1) is 0 Å². The van der Waals surface area contributed by atoms with Crippen molar-refractivity contribution in [2.75, 3.05) is 20.8 Å². The first-order valence-electron chi connectivity index (χ1n) is 7.29. The third-order valence-electron chi connectivity index (χ3n) is 3.57. The summed E-state index contributed by atoms with van der Waals surface area (Å²) in [7, 11) is 3.48. The fraction of sp³-hybridized carbons (Fsp3) is 0.625. The van der Waals surface area contributed by atoms with E-state index in [1.165, 1.54) is 23.3 Å². The van der Waals surface area contributed by atoms with Gasteiger partial charge in [0.2, 0.25) is 0 Å². The molecular weight excluding hydrogens is 270 g/mol.